The van der Waals surface area contributed by atoms with E-state index in [9.17, 15) is 4.39 Å². The zero-order valence-electron chi connectivity index (χ0n) is 12.1. The summed E-state index contributed by atoms with van der Waals surface area (Å²) in [6, 6.07) is 9.32. The standard InChI is InChI=1S/C17H17FN2S/c1-11(2)19-9-14-7-12-3-4-15(18)8-16(12)20-17(14)13-5-6-21-10-13/h3-8,10-11,19H,9H2,1-2H3. The van der Waals surface area contributed by atoms with Gasteiger partial charge in [0.2, 0.25) is 0 Å². The molecule has 21 heavy (non-hydrogen) atoms. The molecule has 3 rings (SSSR count). The SMILES string of the molecule is CC(C)NCc1cc2ccc(F)cc2nc1-c1ccsc1. The Morgan fingerprint density at radius 3 is 2.81 bits per heavy atom. The highest BCUT2D eigenvalue weighted by Crippen LogP contribution is 2.27. The number of hydrogen-bond donors (Lipinski definition) is 1. The molecule has 108 valence electrons. The van der Waals surface area contributed by atoms with Gasteiger partial charge in [0.25, 0.3) is 0 Å². The van der Waals surface area contributed by atoms with Gasteiger partial charge < -0.3 is 5.32 Å². The molecule has 3 aromatic rings. The molecule has 0 fully saturated rings. The highest BCUT2D eigenvalue weighted by atomic mass is 32.1. The zero-order valence-corrected chi connectivity index (χ0v) is 12.9. The van der Waals surface area contributed by atoms with E-state index in [-0.39, 0.29) is 5.82 Å². The highest BCUT2D eigenvalue weighted by Gasteiger charge is 2.10. The van der Waals surface area contributed by atoms with Gasteiger partial charge in [0.1, 0.15) is 5.82 Å². The molecule has 0 aliphatic heterocycles. The largest absolute Gasteiger partial charge is 0.310 e. The fraction of sp³-hybridized carbons (Fsp3) is 0.235. The van der Waals surface area contributed by atoms with E-state index in [1.54, 1.807) is 17.4 Å². The molecule has 2 heterocycles. The average molecular weight is 300 g/mol. The Morgan fingerprint density at radius 1 is 1.24 bits per heavy atom. The number of thiophene rings is 1. The number of hydrogen-bond acceptors (Lipinski definition) is 3. The summed E-state index contributed by atoms with van der Waals surface area (Å²) < 4.78 is 13.4. The van der Waals surface area contributed by atoms with Crippen molar-refractivity contribution < 1.29 is 4.39 Å². The maximum atomic E-state index is 13.4. The summed E-state index contributed by atoms with van der Waals surface area (Å²) in [6.07, 6.45) is 0. The minimum Gasteiger partial charge on any atom is -0.310 e. The maximum Gasteiger partial charge on any atom is 0.125 e. The first kappa shape index (κ1) is 14.2. The molecule has 1 aromatic carbocycles. The van der Waals surface area contributed by atoms with Crippen LogP contribution >= 0.6 is 11.3 Å². The summed E-state index contributed by atoms with van der Waals surface area (Å²) >= 11 is 1.64. The van der Waals surface area contributed by atoms with E-state index in [1.807, 2.05) is 5.38 Å². The third-order valence-corrected chi connectivity index (χ3v) is 4.04. The second kappa shape index (κ2) is 5.92. The summed E-state index contributed by atoms with van der Waals surface area (Å²) in [7, 11) is 0. The molecule has 0 saturated carbocycles. The third-order valence-electron chi connectivity index (χ3n) is 3.35. The Balaban J connectivity index is 2.13. The van der Waals surface area contributed by atoms with Crippen molar-refractivity contribution in [1.82, 2.24) is 10.3 Å². The summed E-state index contributed by atoms with van der Waals surface area (Å²) in [4.78, 5) is 4.68. The lowest BCUT2D eigenvalue weighted by molar-refractivity contribution is 0.589. The van der Waals surface area contributed by atoms with Crippen LogP contribution in [0.15, 0.2) is 41.1 Å². The van der Waals surface area contributed by atoms with Crippen molar-refractivity contribution in [2.75, 3.05) is 0 Å². The molecular formula is C17H17FN2S. The molecule has 2 aromatic heterocycles. The normalized spacial score (nSPS) is 11.4. The van der Waals surface area contributed by atoms with Crippen molar-refractivity contribution in [1.29, 1.82) is 0 Å². The number of nitrogens with zero attached hydrogens (tertiary/aromatic N) is 1. The minimum atomic E-state index is -0.251. The summed E-state index contributed by atoms with van der Waals surface area (Å²) in [5.41, 5.74) is 3.86. The Labute approximate surface area is 127 Å². The summed E-state index contributed by atoms with van der Waals surface area (Å²) in [6.45, 7) is 4.99. The van der Waals surface area contributed by atoms with Crippen LogP contribution in [0.1, 0.15) is 19.4 Å². The second-order valence-electron chi connectivity index (χ2n) is 5.38. The van der Waals surface area contributed by atoms with Gasteiger partial charge in [0.15, 0.2) is 0 Å². The molecule has 1 N–H and O–H groups in total. The van der Waals surface area contributed by atoms with Gasteiger partial charge in [-0.1, -0.05) is 13.8 Å². The molecule has 0 atom stereocenters. The summed E-state index contributed by atoms with van der Waals surface area (Å²) in [5, 5.41) is 8.51. The van der Waals surface area contributed by atoms with Crippen LogP contribution in [0.3, 0.4) is 0 Å². The highest BCUT2D eigenvalue weighted by molar-refractivity contribution is 7.08. The Kier molecular flexibility index (Phi) is 3.99. The molecule has 2 nitrogen and oxygen atoms in total. The van der Waals surface area contributed by atoms with Crippen molar-refractivity contribution in [3.05, 3.63) is 52.5 Å². The first-order chi connectivity index (χ1) is 10.1. The molecule has 0 unspecified atom stereocenters. The molecule has 0 amide bonds. The van der Waals surface area contributed by atoms with Crippen LogP contribution in [-0.4, -0.2) is 11.0 Å². The Morgan fingerprint density at radius 2 is 2.10 bits per heavy atom. The second-order valence-corrected chi connectivity index (χ2v) is 6.16. The van der Waals surface area contributed by atoms with Gasteiger partial charge in [-0.3, -0.25) is 0 Å². The van der Waals surface area contributed by atoms with Gasteiger partial charge in [-0.2, -0.15) is 11.3 Å². The maximum absolute atomic E-state index is 13.4. The Bertz CT molecular complexity index is 751. The van der Waals surface area contributed by atoms with Gasteiger partial charge in [-0.25, -0.2) is 9.37 Å². The number of aromatic nitrogens is 1. The van der Waals surface area contributed by atoms with Crippen molar-refractivity contribution in [3.8, 4) is 11.3 Å². The fourth-order valence-corrected chi connectivity index (χ4v) is 2.92. The third kappa shape index (κ3) is 3.12. The van der Waals surface area contributed by atoms with Crippen LogP contribution in [0.5, 0.6) is 0 Å². The first-order valence-corrected chi connectivity index (χ1v) is 7.93. The van der Waals surface area contributed by atoms with E-state index in [0.29, 0.717) is 11.6 Å². The molecule has 4 heteroatoms. The van der Waals surface area contributed by atoms with Gasteiger partial charge in [0.05, 0.1) is 11.2 Å². The fourth-order valence-electron chi connectivity index (χ4n) is 2.28. The minimum absolute atomic E-state index is 0.251. The molecule has 0 aliphatic rings. The average Bonchev–Trinajstić information content (AvgIpc) is 2.98. The number of pyridine rings is 1. The van der Waals surface area contributed by atoms with E-state index in [1.165, 1.54) is 12.1 Å². The van der Waals surface area contributed by atoms with Gasteiger partial charge in [-0.05, 0) is 35.2 Å². The predicted octanol–water partition coefficient (Wildman–Crippen LogP) is 4.60. The van der Waals surface area contributed by atoms with Crippen molar-refractivity contribution >= 4 is 22.2 Å². The monoisotopic (exact) mass is 300 g/mol. The number of nitrogens with one attached hydrogen (secondary N) is 1. The van der Waals surface area contributed by atoms with E-state index in [0.717, 1.165) is 28.8 Å². The van der Waals surface area contributed by atoms with Gasteiger partial charge in [-0.15, -0.1) is 0 Å². The predicted molar refractivity (Wildman–Crippen MR) is 87.0 cm³/mol. The van der Waals surface area contributed by atoms with Crippen LogP contribution in [0.25, 0.3) is 22.2 Å². The molecule has 0 saturated heterocycles. The quantitative estimate of drug-likeness (QED) is 0.761. The number of benzene rings is 1. The first-order valence-electron chi connectivity index (χ1n) is 6.98. The zero-order chi connectivity index (χ0) is 14.8. The van der Waals surface area contributed by atoms with Crippen LogP contribution < -0.4 is 5.32 Å². The number of rotatable bonds is 4. The topological polar surface area (TPSA) is 24.9 Å². The van der Waals surface area contributed by atoms with Crippen LogP contribution in [0.2, 0.25) is 0 Å². The van der Waals surface area contributed by atoms with E-state index in [4.69, 9.17) is 0 Å². The molecule has 0 radical (unpaired) electrons. The van der Waals surface area contributed by atoms with Gasteiger partial charge >= 0.3 is 0 Å². The van der Waals surface area contributed by atoms with Crippen molar-refractivity contribution in [2.24, 2.45) is 0 Å². The van der Waals surface area contributed by atoms with Gasteiger partial charge in [0, 0.05) is 35.0 Å². The number of fused-ring (bicyclic) bond motifs is 1. The van der Waals surface area contributed by atoms with E-state index >= 15 is 0 Å². The van der Waals surface area contributed by atoms with Crippen LogP contribution in [0, 0.1) is 5.82 Å². The molecular weight excluding hydrogens is 283 g/mol. The molecule has 0 aliphatic carbocycles. The van der Waals surface area contributed by atoms with E-state index < -0.39 is 0 Å². The van der Waals surface area contributed by atoms with Crippen LogP contribution in [0.4, 0.5) is 4.39 Å². The number of halogens is 1. The van der Waals surface area contributed by atoms with E-state index in [2.05, 4.69) is 41.7 Å². The van der Waals surface area contributed by atoms with Crippen LogP contribution in [-0.2, 0) is 6.54 Å². The van der Waals surface area contributed by atoms with Crippen molar-refractivity contribution in [2.45, 2.75) is 26.4 Å². The van der Waals surface area contributed by atoms with Crippen molar-refractivity contribution in [3.63, 3.8) is 0 Å². The smallest absolute Gasteiger partial charge is 0.125 e. The summed E-state index contributed by atoms with van der Waals surface area (Å²) in [5.74, 6) is -0.251. The Hall–Kier alpha value is -1.78. The lowest BCUT2D eigenvalue weighted by Gasteiger charge is -2.13. The lowest BCUT2D eigenvalue weighted by Crippen LogP contribution is -2.22. The molecule has 0 bridgehead atoms. The lowest BCUT2D eigenvalue weighted by atomic mass is 10.0. The molecule has 0 spiro atoms.